The summed E-state index contributed by atoms with van der Waals surface area (Å²) in [5.41, 5.74) is 2.01. The number of benzene rings is 1. The quantitative estimate of drug-likeness (QED) is 0.689. The number of carbonyl (C=O) groups is 2. The molecule has 1 atom stereocenters. The Bertz CT molecular complexity index is 923. The van der Waals surface area contributed by atoms with Gasteiger partial charge in [-0.3, -0.25) is 19.9 Å². The first-order chi connectivity index (χ1) is 15.1. The number of carbonyl (C=O) groups excluding carboxylic acids is 2. The largest absolute Gasteiger partial charge is 0.405 e. The van der Waals surface area contributed by atoms with Crippen molar-refractivity contribution in [2.24, 2.45) is 0 Å². The number of alkyl halides is 3. The second-order valence-electron chi connectivity index (χ2n) is 7.66. The van der Waals surface area contributed by atoms with Gasteiger partial charge in [-0.05, 0) is 13.8 Å². The molecule has 3 amide bonds. The van der Waals surface area contributed by atoms with Crippen molar-refractivity contribution in [3.63, 3.8) is 0 Å². The minimum absolute atomic E-state index is 0.0835. The summed E-state index contributed by atoms with van der Waals surface area (Å²) < 4.78 is 41.7. The predicted octanol–water partition coefficient (Wildman–Crippen LogP) is 2.11. The van der Waals surface area contributed by atoms with Gasteiger partial charge in [-0.15, -0.1) is 0 Å². The molecule has 2 aromatic rings. The lowest BCUT2D eigenvalue weighted by atomic mass is 10.1. The minimum Gasteiger partial charge on any atom is -0.337 e. The van der Waals surface area contributed by atoms with E-state index >= 15 is 0 Å². The zero-order chi connectivity index (χ0) is 23.3. The Morgan fingerprint density at radius 1 is 1.16 bits per heavy atom. The highest BCUT2D eigenvalue weighted by molar-refractivity contribution is 5.95. The number of aryl methyl sites for hydroxylation is 1. The fraction of sp³-hybridized carbons (Fsp3) is 0.500. The maximum atomic E-state index is 12.1. The first-order valence-corrected chi connectivity index (χ1v) is 10.1. The van der Waals surface area contributed by atoms with E-state index in [9.17, 15) is 22.8 Å². The number of aromatic nitrogens is 2. The van der Waals surface area contributed by atoms with Gasteiger partial charge in [0.1, 0.15) is 6.54 Å². The van der Waals surface area contributed by atoms with Crippen LogP contribution in [0.5, 0.6) is 0 Å². The lowest BCUT2D eigenvalue weighted by Gasteiger charge is -2.36. The van der Waals surface area contributed by atoms with Gasteiger partial charge in [-0.2, -0.15) is 18.2 Å². The van der Waals surface area contributed by atoms with E-state index in [4.69, 9.17) is 4.52 Å². The van der Waals surface area contributed by atoms with Crippen molar-refractivity contribution >= 4 is 11.9 Å². The molecule has 32 heavy (non-hydrogen) atoms. The van der Waals surface area contributed by atoms with Gasteiger partial charge >= 0.3 is 12.2 Å². The number of rotatable bonds is 6. The summed E-state index contributed by atoms with van der Waals surface area (Å²) in [6.45, 7) is 4.71. The topological polar surface area (TPSA) is 104 Å². The van der Waals surface area contributed by atoms with Crippen LogP contribution in [0.1, 0.15) is 24.4 Å². The molecule has 1 aliphatic rings. The third-order valence-corrected chi connectivity index (χ3v) is 5.13. The van der Waals surface area contributed by atoms with E-state index in [2.05, 4.69) is 15.0 Å². The monoisotopic (exact) mass is 454 g/mol. The van der Waals surface area contributed by atoms with Gasteiger partial charge in [-0.25, -0.2) is 4.79 Å². The van der Waals surface area contributed by atoms with Crippen LogP contribution >= 0.6 is 0 Å². The summed E-state index contributed by atoms with van der Waals surface area (Å²) in [5, 5.41) is 7.57. The first kappa shape index (κ1) is 23.7. The molecule has 9 nitrogen and oxygen atoms in total. The maximum Gasteiger partial charge on any atom is 0.405 e. The number of nitrogens with zero attached hydrogens (tertiary/aromatic N) is 4. The maximum absolute atomic E-state index is 12.1. The Labute approximate surface area is 182 Å². The molecule has 1 aromatic carbocycles. The smallest absolute Gasteiger partial charge is 0.337 e. The van der Waals surface area contributed by atoms with Gasteiger partial charge in [0.15, 0.2) is 0 Å². The van der Waals surface area contributed by atoms with Crippen molar-refractivity contribution in [3.05, 3.63) is 35.7 Å². The van der Waals surface area contributed by atoms with Crippen LogP contribution in [-0.4, -0.2) is 77.3 Å². The van der Waals surface area contributed by atoms with Crippen LogP contribution < -0.4 is 10.6 Å². The highest BCUT2D eigenvalue weighted by atomic mass is 19.4. The fourth-order valence-corrected chi connectivity index (χ4v) is 3.28. The van der Waals surface area contributed by atoms with Gasteiger partial charge < -0.3 is 9.84 Å². The summed E-state index contributed by atoms with van der Waals surface area (Å²) >= 11 is 0. The SMILES string of the molecule is Cc1ccc(-c2noc(C(C)N3CCN(CC(=O)NC(=O)NCC(F)(F)F)CC3)n2)cc1. The molecule has 3 rings (SSSR count). The van der Waals surface area contributed by atoms with Gasteiger partial charge in [0, 0.05) is 31.7 Å². The molecule has 1 saturated heterocycles. The Morgan fingerprint density at radius 2 is 1.81 bits per heavy atom. The number of halogens is 3. The van der Waals surface area contributed by atoms with Crippen LogP contribution in [0.25, 0.3) is 11.4 Å². The minimum atomic E-state index is -4.54. The summed E-state index contributed by atoms with van der Waals surface area (Å²) in [6.07, 6.45) is -4.54. The van der Waals surface area contributed by atoms with Gasteiger partial charge in [0.25, 0.3) is 0 Å². The Balaban J connectivity index is 1.44. The average Bonchev–Trinajstić information content (AvgIpc) is 3.22. The van der Waals surface area contributed by atoms with E-state index in [0.717, 1.165) is 11.1 Å². The van der Waals surface area contributed by atoms with Crippen LogP contribution in [0.2, 0.25) is 0 Å². The molecule has 0 bridgehead atoms. The summed E-state index contributed by atoms with van der Waals surface area (Å²) in [7, 11) is 0. The van der Waals surface area contributed by atoms with Crippen LogP contribution in [0.3, 0.4) is 0 Å². The molecule has 0 radical (unpaired) electrons. The number of imide groups is 1. The Kier molecular flexibility index (Phi) is 7.46. The summed E-state index contributed by atoms with van der Waals surface area (Å²) in [4.78, 5) is 31.7. The van der Waals surface area contributed by atoms with E-state index in [1.807, 2.05) is 48.3 Å². The normalized spacial score (nSPS) is 16.5. The first-order valence-electron chi connectivity index (χ1n) is 10.1. The third-order valence-electron chi connectivity index (χ3n) is 5.13. The van der Waals surface area contributed by atoms with Gasteiger partial charge in [-0.1, -0.05) is 35.0 Å². The van der Waals surface area contributed by atoms with Crippen molar-refractivity contribution in [2.75, 3.05) is 39.3 Å². The second-order valence-corrected chi connectivity index (χ2v) is 7.66. The fourth-order valence-electron chi connectivity index (χ4n) is 3.28. The van der Waals surface area contributed by atoms with Crippen molar-refractivity contribution in [1.29, 1.82) is 0 Å². The molecule has 1 aromatic heterocycles. The molecule has 1 unspecified atom stereocenters. The van der Waals surface area contributed by atoms with E-state index in [1.54, 1.807) is 5.32 Å². The third kappa shape index (κ3) is 6.76. The highest BCUT2D eigenvalue weighted by Gasteiger charge is 2.29. The zero-order valence-corrected chi connectivity index (χ0v) is 17.8. The molecular formula is C20H25F3N6O3. The van der Waals surface area contributed by atoms with E-state index in [-0.39, 0.29) is 12.6 Å². The molecule has 2 heterocycles. The lowest BCUT2D eigenvalue weighted by molar-refractivity contribution is -0.125. The van der Waals surface area contributed by atoms with Gasteiger partial charge in [0.2, 0.25) is 17.6 Å². The molecule has 2 N–H and O–H groups in total. The van der Waals surface area contributed by atoms with Crippen LogP contribution in [0.15, 0.2) is 28.8 Å². The number of amides is 3. The van der Waals surface area contributed by atoms with Gasteiger partial charge in [0.05, 0.1) is 12.6 Å². The molecule has 174 valence electrons. The van der Waals surface area contributed by atoms with Crippen LogP contribution in [0, 0.1) is 6.92 Å². The summed E-state index contributed by atoms with van der Waals surface area (Å²) in [5.74, 6) is 0.352. The number of hydrogen-bond acceptors (Lipinski definition) is 7. The second kappa shape index (κ2) is 10.1. The van der Waals surface area contributed by atoms with Crippen LogP contribution in [-0.2, 0) is 4.79 Å². The predicted molar refractivity (Wildman–Crippen MR) is 108 cm³/mol. The number of piperazine rings is 1. The molecule has 0 saturated carbocycles. The van der Waals surface area contributed by atoms with E-state index in [0.29, 0.717) is 37.9 Å². The van der Waals surface area contributed by atoms with Crippen molar-refractivity contribution in [2.45, 2.75) is 26.1 Å². The molecule has 0 spiro atoms. The van der Waals surface area contributed by atoms with Crippen molar-refractivity contribution < 1.29 is 27.3 Å². The molecular weight excluding hydrogens is 429 g/mol. The Morgan fingerprint density at radius 3 is 2.44 bits per heavy atom. The molecule has 12 heteroatoms. The zero-order valence-electron chi connectivity index (χ0n) is 17.8. The standard InChI is InChI=1S/C20H25F3N6O3/c1-13-3-5-15(6-4-13)17-26-18(32-27-17)14(2)29-9-7-28(8-10-29)11-16(30)25-19(31)24-12-20(21,22)23/h3-6,14H,7-12H2,1-2H3,(H2,24,25,30,31). The van der Waals surface area contributed by atoms with Crippen molar-refractivity contribution in [1.82, 2.24) is 30.6 Å². The lowest BCUT2D eigenvalue weighted by Crippen LogP contribution is -2.51. The number of hydrogen-bond donors (Lipinski definition) is 2. The molecule has 1 fully saturated rings. The summed E-state index contributed by atoms with van der Waals surface area (Å²) in [6, 6.07) is 6.53. The highest BCUT2D eigenvalue weighted by Crippen LogP contribution is 2.23. The Hall–Kier alpha value is -2.99. The number of urea groups is 1. The average molecular weight is 454 g/mol. The van der Waals surface area contributed by atoms with Crippen LogP contribution in [0.4, 0.5) is 18.0 Å². The van der Waals surface area contributed by atoms with Crippen molar-refractivity contribution in [3.8, 4) is 11.4 Å². The van der Waals surface area contributed by atoms with E-state index < -0.39 is 24.7 Å². The number of nitrogens with one attached hydrogen (secondary N) is 2. The molecule has 0 aliphatic carbocycles. The van der Waals surface area contributed by atoms with E-state index in [1.165, 1.54) is 0 Å². The molecule has 1 aliphatic heterocycles.